The van der Waals surface area contributed by atoms with E-state index in [0.29, 0.717) is 13.2 Å². The standard InChI is InChI=1S/C8H9NO2/c10-8-2-1-6-5-11-4-3-7(6)9-8/h1-2H,3-5H2,(H,9,10). The van der Waals surface area contributed by atoms with Gasteiger partial charge in [-0.05, 0) is 11.6 Å². The Morgan fingerprint density at radius 1 is 1.45 bits per heavy atom. The number of hydrogen-bond acceptors (Lipinski definition) is 2. The van der Waals surface area contributed by atoms with E-state index in [9.17, 15) is 4.79 Å². The normalized spacial score (nSPS) is 16.0. The molecule has 1 N–H and O–H groups in total. The first-order valence-corrected chi connectivity index (χ1v) is 3.65. The molecule has 0 fully saturated rings. The predicted octanol–water partition coefficient (Wildman–Crippen LogP) is 0.448. The van der Waals surface area contributed by atoms with Gasteiger partial charge in [0.15, 0.2) is 0 Å². The Kier molecular flexibility index (Phi) is 1.51. The third-order valence-corrected chi connectivity index (χ3v) is 1.85. The molecule has 0 saturated heterocycles. The van der Waals surface area contributed by atoms with Gasteiger partial charge in [0.05, 0.1) is 13.2 Å². The Morgan fingerprint density at radius 2 is 2.36 bits per heavy atom. The molecule has 58 valence electrons. The SMILES string of the molecule is O=c1ccc2c([nH]1)CCOC2. The molecule has 2 rings (SSSR count). The summed E-state index contributed by atoms with van der Waals surface area (Å²) in [6, 6.07) is 3.36. The topological polar surface area (TPSA) is 42.1 Å². The van der Waals surface area contributed by atoms with Crippen molar-refractivity contribution in [3.63, 3.8) is 0 Å². The quantitative estimate of drug-likeness (QED) is 0.584. The summed E-state index contributed by atoms with van der Waals surface area (Å²) in [7, 11) is 0. The van der Waals surface area contributed by atoms with Crippen LogP contribution in [-0.2, 0) is 17.8 Å². The molecule has 0 aliphatic carbocycles. The molecular weight excluding hydrogens is 142 g/mol. The van der Waals surface area contributed by atoms with E-state index in [4.69, 9.17) is 4.74 Å². The molecule has 0 saturated carbocycles. The van der Waals surface area contributed by atoms with Crippen molar-refractivity contribution in [2.75, 3.05) is 6.61 Å². The Hall–Kier alpha value is -1.09. The van der Waals surface area contributed by atoms with Gasteiger partial charge in [0.25, 0.3) is 0 Å². The highest BCUT2D eigenvalue weighted by Gasteiger charge is 2.08. The summed E-state index contributed by atoms with van der Waals surface area (Å²) in [5, 5.41) is 0. The second kappa shape index (κ2) is 2.51. The molecule has 1 aromatic heterocycles. The first-order chi connectivity index (χ1) is 5.36. The summed E-state index contributed by atoms with van der Waals surface area (Å²) in [4.78, 5) is 13.6. The molecule has 0 spiro atoms. The Balaban J connectivity index is 2.51. The smallest absolute Gasteiger partial charge is 0.248 e. The summed E-state index contributed by atoms with van der Waals surface area (Å²) in [5.41, 5.74) is 2.12. The lowest BCUT2D eigenvalue weighted by atomic mass is 10.1. The van der Waals surface area contributed by atoms with E-state index in [-0.39, 0.29) is 5.56 Å². The molecular formula is C8H9NO2. The number of hydrogen-bond donors (Lipinski definition) is 1. The maximum Gasteiger partial charge on any atom is 0.248 e. The fourth-order valence-electron chi connectivity index (χ4n) is 1.26. The number of fused-ring (bicyclic) bond motifs is 1. The fourth-order valence-corrected chi connectivity index (χ4v) is 1.26. The minimum atomic E-state index is -0.0225. The molecule has 1 aromatic rings. The van der Waals surface area contributed by atoms with Crippen molar-refractivity contribution in [3.05, 3.63) is 33.7 Å². The van der Waals surface area contributed by atoms with Crippen LogP contribution >= 0.6 is 0 Å². The zero-order valence-electron chi connectivity index (χ0n) is 6.09. The van der Waals surface area contributed by atoms with Gasteiger partial charge in [-0.1, -0.05) is 0 Å². The molecule has 3 nitrogen and oxygen atoms in total. The molecule has 0 bridgehead atoms. The van der Waals surface area contributed by atoms with Gasteiger partial charge in [-0.2, -0.15) is 0 Å². The van der Waals surface area contributed by atoms with Crippen molar-refractivity contribution in [1.82, 2.24) is 4.98 Å². The van der Waals surface area contributed by atoms with Crippen molar-refractivity contribution in [3.8, 4) is 0 Å². The van der Waals surface area contributed by atoms with Crippen molar-refractivity contribution < 1.29 is 4.74 Å². The number of aromatic nitrogens is 1. The zero-order chi connectivity index (χ0) is 7.68. The summed E-state index contributed by atoms with van der Waals surface area (Å²) >= 11 is 0. The number of rotatable bonds is 0. The van der Waals surface area contributed by atoms with Crippen LogP contribution in [0.4, 0.5) is 0 Å². The van der Waals surface area contributed by atoms with Crippen LogP contribution in [0.15, 0.2) is 16.9 Å². The Morgan fingerprint density at radius 3 is 3.27 bits per heavy atom. The molecule has 1 aliphatic heterocycles. The van der Waals surface area contributed by atoms with Gasteiger partial charge in [-0.3, -0.25) is 4.79 Å². The molecule has 0 unspecified atom stereocenters. The van der Waals surface area contributed by atoms with Gasteiger partial charge < -0.3 is 9.72 Å². The number of aromatic amines is 1. The van der Waals surface area contributed by atoms with E-state index < -0.39 is 0 Å². The molecule has 3 heteroatoms. The molecule has 0 amide bonds. The highest BCUT2D eigenvalue weighted by Crippen LogP contribution is 2.10. The van der Waals surface area contributed by atoms with E-state index in [1.165, 1.54) is 6.07 Å². The van der Waals surface area contributed by atoms with Crippen molar-refractivity contribution in [2.24, 2.45) is 0 Å². The highest BCUT2D eigenvalue weighted by atomic mass is 16.5. The second-order valence-electron chi connectivity index (χ2n) is 2.63. The Labute approximate surface area is 64.0 Å². The van der Waals surface area contributed by atoms with Gasteiger partial charge in [0.2, 0.25) is 5.56 Å². The van der Waals surface area contributed by atoms with E-state index in [1.807, 2.05) is 6.07 Å². The van der Waals surface area contributed by atoms with Crippen LogP contribution < -0.4 is 5.56 Å². The van der Waals surface area contributed by atoms with Crippen LogP contribution in [-0.4, -0.2) is 11.6 Å². The Bertz CT molecular complexity index is 316. The third-order valence-electron chi connectivity index (χ3n) is 1.85. The van der Waals surface area contributed by atoms with Crippen LogP contribution in [0, 0.1) is 0 Å². The summed E-state index contributed by atoms with van der Waals surface area (Å²) in [6.07, 6.45) is 0.825. The maximum absolute atomic E-state index is 10.8. The average molecular weight is 151 g/mol. The van der Waals surface area contributed by atoms with Gasteiger partial charge in [0, 0.05) is 18.2 Å². The summed E-state index contributed by atoms with van der Waals surface area (Å²) in [5.74, 6) is 0. The first-order valence-electron chi connectivity index (χ1n) is 3.65. The molecule has 0 aromatic carbocycles. The summed E-state index contributed by atoms with van der Waals surface area (Å²) < 4.78 is 5.21. The second-order valence-corrected chi connectivity index (χ2v) is 2.63. The lowest BCUT2D eigenvalue weighted by Crippen LogP contribution is -2.17. The van der Waals surface area contributed by atoms with E-state index in [0.717, 1.165) is 17.7 Å². The van der Waals surface area contributed by atoms with Crippen molar-refractivity contribution in [1.29, 1.82) is 0 Å². The number of ether oxygens (including phenoxy) is 1. The maximum atomic E-state index is 10.8. The predicted molar refractivity (Wildman–Crippen MR) is 40.4 cm³/mol. The van der Waals surface area contributed by atoms with Crippen molar-refractivity contribution in [2.45, 2.75) is 13.0 Å². The van der Waals surface area contributed by atoms with Crippen LogP contribution in [0.2, 0.25) is 0 Å². The van der Waals surface area contributed by atoms with Crippen LogP contribution in [0.1, 0.15) is 11.3 Å². The molecule has 2 heterocycles. The monoisotopic (exact) mass is 151 g/mol. The number of H-pyrrole nitrogens is 1. The van der Waals surface area contributed by atoms with E-state index >= 15 is 0 Å². The van der Waals surface area contributed by atoms with Crippen LogP contribution in [0.25, 0.3) is 0 Å². The van der Waals surface area contributed by atoms with Gasteiger partial charge >= 0.3 is 0 Å². The van der Waals surface area contributed by atoms with Gasteiger partial charge in [-0.25, -0.2) is 0 Å². The molecule has 11 heavy (non-hydrogen) atoms. The fraction of sp³-hybridized carbons (Fsp3) is 0.375. The third kappa shape index (κ3) is 1.19. The molecule has 0 radical (unpaired) electrons. The zero-order valence-corrected chi connectivity index (χ0v) is 6.09. The highest BCUT2D eigenvalue weighted by molar-refractivity contribution is 5.20. The molecule has 0 atom stereocenters. The minimum Gasteiger partial charge on any atom is -0.376 e. The van der Waals surface area contributed by atoms with Crippen molar-refractivity contribution >= 4 is 0 Å². The van der Waals surface area contributed by atoms with Crippen LogP contribution in [0.5, 0.6) is 0 Å². The van der Waals surface area contributed by atoms with E-state index in [2.05, 4.69) is 4.98 Å². The molecule has 1 aliphatic rings. The largest absolute Gasteiger partial charge is 0.376 e. The number of pyridine rings is 1. The van der Waals surface area contributed by atoms with E-state index in [1.54, 1.807) is 0 Å². The van der Waals surface area contributed by atoms with Gasteiger partial charge in [0.1, 0.15) is 0 Å². The number of nitrogens with one attached hydrogen (secondary N) is 1. The van der Waals surface area contributed by atoms with Crippen LogP contribution in [0.3, 0.4) is 0 Å². The minimum absolute atomic E-state index is 0.0225. The lowest BCUT2D eigenvalue weighted by molar-refractivity contribution is 0.109. The average Bonchev–Trinajstić information content (AvgIpc) is 2.04. The van der Waals surface area contributed by atoms with Gasteiger partial charge in [-0.15, -0.1) is 0 Å². The summed E-state index contributed by atoms with van der Waals surface area (Å²) in [6.45, 7) is 1.35. The lowest BCUT2D eigenvalue weighted by Gasteiger charge is -2.14. The first kappa shape index (κ1) is 6.61.